The molecule has 11 heavy (non-hydrogen) atoms. The van der Waals surface area contributed by atoms with Crippen molar-refractivity contribution in [1.82, 2.24) is 5.16 Å². The zero-order valence-electron chi connectivity index (χ0n) is 6.52. The van der Waals surface area contributed by atoms with Gasteiger partial charge in [0.1, 0.15) is 5.56 Å². The van der Waals surface area contributed by atoms with Gasteiger partial charge in [-0.15, -0.1) is 0 Å². The van der Waals surface area contributed by atoms with Crippen molar-refractivity contribution in [3.63, 3.8) is 0 Å². The van der Waals surface area contributed by atoms with E-state index in [9.17, 15) is 4.79 Å². The average molecular weight is 154 g/mol. The van der Waals surface area contributed by atoms with E-state index in [-0.39, 0.29) is 5.71 Å². The van der Waals surface area contributed by atoms with E-state index in [0.717, 1.165) is 0 Å². The minimum atomic E-state index is -0.450. The molecule has 60 valence electrons. The summed E-state index contributed by atoms with van der Waals surface area (Å²) in [5, 5.41) is 9.73. The molecule has 0 aliphatic rings. The molecule has 0 amide bonds. The quantitative estimate of drug-likeness (QED) is 0.622. The summed E-state index contributed by atoms with van der Waals surface area (Å²) < 4.78 is 4.53. The van der Waals surface area contributed by atoms with E-state index < -0.39 is 5.63 Å². The van der Waals surface area contributed by atoms with Crippen molar-refractivity contribution in [2.24, 2.45) is 0 Å². The summed E-state index contributed by atoms with van der Waals surface area (Å²) in [4.78, 5) is 10.9. The first kappa shape index (κ1) is 7.78. The van der Waals surface area contributed by atoms with Crippen molar-refractivity contribution in [3.05, 3.63) is 21.7 Å². The van der Waals surface area contributed by atoms with Crippen LogP contribution in [0.5, 0.6) is 0 Å². The van der Waals surface area contributed by atoms with Crippen LogP contribution < -0.4 is 5.63 Å². The lowest BCUT2D eigenvalue weighted by Crippen LogP contribution is -2.08. The fraction of sp³-hybridized carbons (Fsp3) is 0.429. The number of H-pyrrole nitrogens is 1. The van der Waals surface area contributed by atoms with E-state index in [0.29, 0.717) is 17.7 Å². The van der Waals surface area contributed by atoms with Gasteiger partial charge in [-0.3, -0.25) is 0 Å². The van der Waals surface area contributed by atoms with Crippen molar-refractivity contribution in [2.75, 3.05) is 0 Å². The molecule has 0 unspecified atom stereocenters. The number of hydrogen-bond acceptors (Lipinski definition) is 3. The van der Waals surface area contributed by atoms with E-state index in [2.05, 4.69) is 9.68 Å². The van der Waals surface area contributed by atoms with Crippen LogP contribution in [0.4, 0.5) is 0 Å². The summed E-state index contributed by atoms with van der Waals surface area (Å²) in [6.07, 6.45) is 0.678. The number of nitrogens with one attached hydrogen (secondary N) is 2. The normalized spacial score (nSPS) is 10.0. The molecule has 0 radical (unpaired) electrons. The van der Waals surface area contributed by atoms with Gasteiger partial charge in [0.2, 0.25) is 0 Å². The maximum atomic E-state index is 10.9. The highest BCUT2D eigenvalue weighted by Crippen LogP contribution is 2.01. The Hall–Kier alpha value is -1.32. The van der Waals surface area contributed by atoms with Gasteiger partial charge in [-0.1, -0.05) is 6.92 Å². The van der Waals surface area contributed by atoms with Gasteiger partial charge in [0.15, 0.2) is 0 Å². The Kier molecular flexibility index (Phi) is 1.94. The second kappa shape index (κ2) is 2.74. The molecule has 1 aromatic heterocycles. The van der Waals surface area contributed by atoms with Crippen LogP contribution in [0.2, 0.25) is 0 Å². The van der Waals surface area contributed by atoms with E-state index in [4.69, 9.17) is 5.41 Å². The smallest absolute Gasteiger partial charge is 0.338 e. The molecule has 0 spiro atoms. The molecule has 0 fully saturated rings. The largest absolute Gasteiger partial charge is 0.366 e. The van der Waals surface area contributed by atoms with Crippen molar-refractivity contribution in [3.8, 4) is 0 Å². The summed E-state index contributed by atoms with van der Waals surface area (Å²) in [7, 11) is 0. The highest BCUT2D eigenvalue weighted by molar-refractivity contribution is 5.96. The third kappa shape index (κ3) is 1.24. The molecular formula is C7H10N2O2. The van der Waals surface area contributed by atoms with Gasteiger partial charge in [0.25, 0.3) is 0 Å². The molecule has 0 aromatic carbocycles. The average Bonchev–Trinajstić information content (AvgIpc) is 2.30. The van der Waals surface area contributed by atoms with Gasteiger partial charge >= 0.3 is 5.63 Å². The zero-order valence-corrected chi connectivity index (χ0v) is 6.52. The SMILES string of the molecule is CCc1[nH]oc(=O)c1C(C)=N. The van der Waals surface area contributed by atoms with Gasteiger partial charge in [-0.05, 0) is 13.3 Å². The predicted octanol–water partition coefficient (Wildman–Crippen LogP) is 0.918. The molecule has 2 N–H and O–H groups in total. The fourth-order valence-corrected chi connectivity index (χ4v) is 0.962. The second-order valence-electron chi connectivity index (χ2n) is 2.32. The third-order valence-corrected chi connectivity index (χ3v) is 1.50. The molecule has 0 saturated carbocycles. The molecule has 0 bridgehead atoms. The van der Waals surface area contributed by atoms with Crippen LogP contribution in [0.3, 0.4) is 0 Å². The van der Waals surface area contributed by atoms with E-state index >= 15 is 0 Å². The zero-order chi connectivity index (χ0) is 8.43. The van der Waals surface area contributed by atoms with Crippen molar-refractivity contribution in [2.45, 2.75) is 20.3 Å². The molecule has 0 saturated heterocycles. The lowest BCUT2D eigenvalue weighted by molar-refractivity contribution is 0.385. The minimum Gasteiger partial charge on any atom is -0.338 e. The Balaban J connectivity index is 3.29. The molecule has 0 atom stereocenters. The van der Waals surface area contributed by atoms with Crippen LogP contribution in [0, 0.1) is 5.41 Å². The lowest BCUT2D eigenvalue weighted by Gasteiger charge is -1.91. The highest BCUT2D eigenvalue weighted by Gasteiger charge is 2.11. The molecule has 0 aliphatic carbocycles. The predicted molar refractivity (Wildman–Crippen MR) is 41.2 cm³/mol. The van der Waals surface area contributed by atoms with Crippen molar-refractivity contribution in [1.29, 1.82) is 5.41 Å². The van der Waals surface area contributed by atoms with Gasteiger partial charge in [-0.2, -0.15) is 0 Å². The van der Waals surface area contributed by atoms with Gasteiger partial charge in [0, 0.05) is 5.71 Å². The van der Waals surface area contributed by atoms with Crippen LogP contribution in [0.1, 0.15) is 25.1 Å². The molecule has 1 aromatic rings. The molecule has 4 nitrogen and oxygen atoms in total. The Morgan fingerprint density at radius 1 is 1.73 bits per heavy atom. The molecular weight excluding hydrogens is 144 g/mol. The molecule has 1 heterocycles. The summed E-state index contributed by atoms with van der Waals surface area (Å²) >= 11 is 0. The number of aryl methyl sites for hydroxylation is 1. The Labute approximate surface area is 63.7 Å². The van der Waals surface area contributed by atoms with Crippen LogP contribution in [-0.2, 0) is 6.42 Å². The number of aromatic nitrogens is 1. The van der Waals surface area contributed by atoms with E-state index in [1.807, 2.05) is 6.92 Å². The van der Waals surface area contributed by atoms with Gasteiger partial charge in [-0.25, -0.2) is 9.95 Å². The number of rotatable bonds is 2. The second-order valence-corrected chi connectivity index (χ2v) is 2.32. The lowest BCUT2D eigenvalue weighted by atomic mass is 10.1. The van der Waals surface area contributed by atoms with Crippen LogP contribution in [-0.4, -0.2) is 10.9 Å². The first-order valence-electron chi connectivity index (χ1n) is 3.42. The van der Waals surface area contributed by atoms with Crippen LogP contribution in [0.15, 0.2) is 9.32 Å². The standard InChI is InChI=1S/C7H10N2O2/c1-3-5-6(4(2)8)7(10)11-9-5/h8-9H,3H2,1-2H3. The monoisotopic (exact) mass is 154 g/mol. The number of aromatic amines is 1. The summed E-state index contributed by atoms with van der Waals surface area (Å²) in [6, 6.07) is 0. The van der Waals surface area contributed by atoms with Crippen molar-refractivity contribution >= 4 is 5.71 Å². The topological polar surface area (TPSA) is 69.8 Å². The molecule has 0 aliphatic heterocycles. The van der Waals surface area contributed by atoms with E-state index in [1.165, 1.54) is 0 Å². The highest BCUT2D eigenvalue weighted by atomic mass is 16.5. The molecule has 1 rings (SSSR count). The fourth-order valence-electron chi connectivity index (χ4n) is 0.962. The summed E-state index contributed by atoms with van der Waals surface area (Å²) in [5.41, 5.74) is 0.862. The van der Waals surface area contributed by atoms with Gasteiger partial charge < -0.3 is 9.93 Å². The summed E-state index contributed by atoms with van der Waals surface area (Å²) in [5.74, 6) is 0. The van der Waals surface area contributed by atoms with Crippen LogP contribution in [0.25, 0.3) is 0 Å². The van der Waals surface area contributed by atoms with E-state index in [1.54, 1.807) is 6.92 Å². The van der Waals surface area contributed by atoms with Gasteiger partial charge in [0.05, 0.1) is 5.69 Å². The van der Waals surface area contributed by atoms with Crippen LogP contribution >= 0.6 is 0 Å². The maximum absolute atomic E-state index is 10.9. The summed E-state index contributed by atoms with van der Waals surface area (Å²) in [6.45, 7) is 3.46. The third-order valence-electron chi connectivity index (χ3n) is 1.50. The molecule has 4 heteroatoms. The first-order chi connectivity index (χ1) is 5.16. The Morgan fingerprint density at radius 2 is 2.36 bits per heavy atom. The first-order valence-corrected chi connectivity index (χ1v) is 3.42. The Morgan fingerprint density at radius 3 is 2.73 bits per heavy atom. The minimum absolute atomic E-state index is 0.247. The number of hydrogen-bond donors (Lipinski definition) is 2. The van der Waals surface area contributed by atoms with Crippen molar-refractivity contribution < 1.29 is 4.52 Å². The maximum Gasteiger partial charge on any atom is 0.366 e. The Bertz CT molecular complexity index is 321.